The number of hydrogen-bond donors (Lipinski definition) is 1. The minimum atomic E-state index is -0.190. The first kappa shape index (κ1) is 15.0. The van der Waals surface area contributed by atoms with Gasteiger partial charge in [0.2, 0.25) is 0 Å². The van der Waals surface area contributed by atoms with Crippen LogP contribution in [0.4, 0.5) is 0 Å². The quantitative estimate of drug-likeness (QED) is 0.721. The van der Waals surface area contributed by atoms with Gasteiger partial charge >= 0.3 is 0 Å². The van der Waals surface area contributed by atoms with Crippen LogP contribution >= 0.6 is 0 Å². The third kappa shape index (κ3) is 5.39. The minimum absolute atomic E-state index is 0.190. The molecular formula is C15H30O2. The molecule has 1 fully saturated rings. The Kier molecular flexibility index (Phi) is 6.50. The maximum absolute atomic E-state index is 9.22. The van der Waals surface area contributed by atoms with Crippen molar-refractivity contribution in [3.8, 4) is 0 Å². The van der Waals surface area contributed by atoms with Gasteiger partial charge in [0.05, 0.1) is 12.2 Å². The molecule has 1 aliphatic carbocycles. The number of aliphatic hydroxyl groups excluding tert-OH is 1. The van der Waals surface area contributed by atoms with Crippen LogP contribution in [0.2, 0.25) is 0 Å². The fourth-order valence-electron chi connectivity index (χ4n) is 2.92. The second-order valence-electron chi connectivity index (χ2n) is 6.23. The van der Waals surface area contributed by atoms with Crippen LogP contribution in [-0.4, -0.2) is 23.9 Å². The fraction of sp³-hybridized carbons (Fsp3) is 1.00. The zero-order valence-electron chi connectivity index (χ0n) is 12.0. The zero-order valence-corrected chi connectivity index (χ0v) is 12.0. The summed E-state index contributed by atoms with van der Waals surface area (Å²) in [6, 6.07) is 0. The first-order valence-electron chi connectivity index (χ1n) is 7.30. The lowest BCUT2D eigenvalue weighted by atomic mass is 9.75. The van der Waals surface area contributed by atoms with Gasteiger partial charge in [-0.25, -0.2) is 0 Å². The molecule has 2 nitrogen and oxygen atoms in total. The van der Waals surface area contributed by atoms with Gasteiger partial charge in [0.15, 0.2) is 0 Å². The summed E-state index contributed by atoms with van der Waals surface area (Å²) in [4.78, 5) is 0. The first-order chi connectivity index (χ1) is 8.00. The molecule has 102 valence electrons. The van der Waals surface area contributed by atoms with Crippen molar-refractivity contribution in [1.82, 2.24) is 0 Å². The molecule has 2 heteroatoms. The summed E-state index contributed by atoms with van der Waals surface area (Å²) in [5, 5.41) is 9.22. The average Bonchev–Trinajstić information content (AvgIpc) is 2.23. The van der Waals surface area contributed by atoms with Crippen LogP contribution in [0.25, 0.3) is 0 Å². The molecule has 0 spiro atoms. The predicted octanol–water partition coefficient (Wildman–Crippen LogP) is 3.62. The monoisotopic (exact) mass is 242 g/mol. The van der Waals surface area contributed by atoms with Crippen molar-refractivity contribution < 1.29 is 9.84 Å². The van der Waals surface area contributed by atoms with Crippen molar-refractivity contribution in [2.24, 2.45) is 17.8 Å². The van der Waals surface area contributed by atoms with E-state index in [0.29, 0.717) is 6.10 Å². The van der Waals surface area contributed by atoms with Gasteiger partial charge in [-0.1, -0.05) is 27.2 Å². The Balaban J connectivity index is 2.31. The molecule has 4 unspecified atom stereocenters. The first-order valence-corrected chi connectivity index (χ1v) is 7.30. The van der Waals surface area contributed by atoms with Crippen LogP contribution < -0.4 is 0 Å². The zero-order chi connectivity index (χ0) is 12.8. The molecule has 1 aliphatic rings. The van der Waals surface area contributed by atoms with Gasteiger partial charge in [-0.3, -0.25) is 0 Å². The molecule has 0 saturated heterocycles. The number of ether oxygens (including phenoxy) is 1. The third-order valence-corrected chi connectivity index (χ3v) is 4.06. The summed E-state index contributed by atoms with van der Waals surface area (Å²) in [6.45, 7) is 9.62. The Morgan fingerprint density at radius 3 is 2.53 bits per heavy atom. The van der Waals surface area contributed by atoms with E-state index in [0.717, 1.165) is 37.2 Å². The number of aliphatic hydroxyl groups is 1. The van der Waals surface area contributed by atoms with Crippen molar-refractivity contribution in [2.75, 3.05) is 6.61 Å². The molecule has 0 aliphatic heterocycles. The van der Waals surface area contributed by atoms with E-state index in [1.807, 2.05) is 6.92 Å². The van der Waals surface area contributed by atoms with E-state index in [9.17, 15) is 5.11 Å². The summed E-state index contributed by atoms with van der Waals surface area (Å²) in [7, 11) is 0. The number of rotatable bonds is 6. The summed E-state index contributed by atoms with van der Waals surface area (Å²) in [6.07, 6.45) is 5.99. The molecule has 17 heavy (non-hydrogen) atoms. The van der Waals surface area contributed by atoms with Crippen LogP contribution in [0, 0.1) is 17.8 Å². The minimum Gasteiger partial charge on any atom is -0.393 e. The van der Waals surface area contributed by atoms with Crippen molar-refractivity contribution in [2.45, 2.75) is 72.0 Å². The Labute approximate surface area is 107 Å². The lowest BCUT2D eigenvalue weighted by molar-refractivity contribution is -0.0412. The molecule has 1 N–H and O–H groups in total. The predicted molar refractivity (Wildman–Crippen MR) is 72.0 cm³/mol. The van der Waals surface area contributed by atoms with Gasteiger partial charge in [-0.15, -0.1) is 0 Å². The average molecular weight is 242 g/mol. The SMILES string of the molecule is CC(O)CCCOC1CC(C)CCC1C(C)C. The molecule has 1 rings (SSSR count). The van der Waals surface area contributed by atoms with Crippen LogP contribution in [0.1, 0.15) is 59.8 Å². The number of hydrogen-bond acceptors (Lipinski definition) is 2. The second-order valence-corrected chi connectivity index (χ2v) is 6.23. The Morgan fingerprint density at radius 2 is 1.94 bits per heavy atom. The Bertz CT molecular complexity index is 201. The highest BCUT2D eigenvalue weighted by Gasteiger charge is 2.31. The molecule has 0 heterocycles. The van der Waals surface area contributed by atoms with E-state index >= 15 is 0 Å². The van der Waals surface area contributed by atoms with Gasteiger partial charge in [-0.2, -0.15) is 0 Å². The van der Waals surface area contributed by atoms with Crippen LogP contribution in [0.15, 0.2) is 0 Å². The Hall–Kier alpha value is -0.0800. The molecule has 0 aromatic carbocycles. The molecule has 0 aromatic rings. The molecule has 0 amide bonds. The molecule has 1 saturated carbocycles. The highest BCUT2D eigenvalue weighted by molar-refractivity contribution is 4.81. The second kappa shape index (κ2) is 7.38. The third-order valence-electron chi connectivity index (χ3n) is 4.06. The molecular weight excluding hydrogens is 212 g/mol. The molecule has 0 radical (unpaired) electrons. The van der Waals surface area contributed by atoms with Gasteiger partial charge in [0, 0.05) is 6.61 Å². The fourth-order valence-corrected chi connectivity index (χ4v) is 2.92. The molecule has 0 bridgehead atoms. The summed E-state index contributed by atoms with van der Waals surface area (Å²) in [5.74, 6) is 2.27. The molecule has 4 atom stereocenters. The topological polar surface area (TPSA) is 29.5 Å². The van der Waals surface area contributed by atoms with E-state index in [1.54, 1.807) is 0 Å². The Morgan fingerprint density at radius 1 is 1.24 bits per heavy atom. The molecule has 0 aromatic heterocycles. The van der Waals surface area contributed by atoms with E-state index < -0.39 is 0 Å². The smallest absolute Gasteiger partial charge is 0.0608 e. The van der Waals surface area contributed by atoms with Crippen molar-refractivity contribution in [3.63, 3.8) is 0 Å². The largest absolute Gasteiger partial charge is 0.393 e. The van der Waals surface area contributed by atoms with E-state index in [2.05, 4.69) is 20.8 Å². The van der Waals surface area contributed by atoms with Gasteiger partial charge in [0.1, 0.15) is 0 Å². The van der Waals surface area contributed by atoms with Gasteiger partial charge < -0.3 is 9.84 Å². The summed E-state index contributed by atoms with van der Waals surface area (Å²) < 4.78 is 6.07. The highest BCUT2D eigenvalue weighted by Crippen LogP contribution is 2.35. The summed E-state index contributed by atoms with van der Waals surface area (Å²) in [5.41, 5.74) is 0. The van der Waals surface area contributed by atoms with Gasteiger partial charge in [0.25, 0.3) is 0 Å². The van der Waals surface area contributed by atoms with Crippen molar-refractivity contribution in [3.05, 3.63) is 0 Å². The highest BCUT2D eigenvalue weighted by atomic mass is 16.5. The van der Waals surface area contributed by atoms with Crippen molar-refractivity contribution in [1.29, 1.82) is 0 Å². The van der Waals surface area contributed by atoms with Gasteiger partial charge in [-0.05, 0) is 50.4 Å². The lowest BCUT2D eigenvalue weighted by Gasteiger charge is -2.37. The van der Waals surface area contributed by atoms with E-state index in [-0.39, 0.29) is 6.10 Å². The van der Waals surface area contributed by atoms with Crippen LogP contribution in [-0.2, 0) is 4.74 Å². The van der Waals surface area contributed by atoms with E-state index in [4.69, 9.17) is 4.74 Å². The summed E-state index contributed by atoms with van der Waals surface area (Å²) >= 11 is 0. The standard InChI is InChI=1S/C15H30O2/c1-11(2)14-8-7-12(3)10-15(14)17-9-5-6-13(4)16/h11-16H,5-10H2,1-4H3. The van der Waals surface area contributed by atoms with E-state index in [1.165, 1.54) is 19.3 Å². The lowest BCUT2D eigenvalue weighted by Crippen LogP contribution is -2.34. The van der Waals surface area contributed by atoms with Crippen LogP contribution in [0.5, 0.6) is 0 Å². The van der Waals surface area contributed by atoms with Crippen molar-refractivity contribution >= 4 is 0 Å². The normalized spacial score (nSPS) is 31.8. The maximum atomic E-state index is 9.22. The van der Waals surface area contributed by atoms with Crippen LogP contribution in [0.3, 0.4) is 0 Å². The maximum Gasteiger partial charge on any atom is 0.0608 e.